The summed E-state index contributed by atoms with van der Waals surface area (Å²) in [7, 11) is 0. The molecule has 1 fully saturated rings. The van der Waals surface area contributed by atoms with Crippen LogP contribution in [0.25, 0.3) is 0 Å². The summed E-state index contributed by atoms with van der Waals surface area (Å²) in [5.41, 5.74) is 0.549. The van der Waals surface area contributed by atoms with Gasteiger partial charge in [0.25, 0.3) is 11.8 Å². The van der Waals surface area contributed by atoms with Crippen LogP contribution in [0.1, 0.15) is 10.4 Å². The number of aromatic nitrogens is 1. The van der Waals surface area contributed by atoms with Crippen molar-refractivity contribution in [3.8, 4) is 5.75 Å². The molecule has 0 atom stereocenters. The van der Waals surface area contributed by atoms with Crippen molar-refractivity contribution >= 4 is 35.0 Å². The van der Waals surface area contributed by atoms with Crippen molar-refractivity contribution in [2.24, 2.45) is 0 Å². The number of hydrogen-bond donors (Lipinski definition) is 0. The van der Waals surface area contributed by atoms with Crippen molar-refractivity contribution in [2.45, 2.75) is 0 Å². The average molecular weight is 394 g/mol. The van der Waals surface area contributed by atoms with E-state index in [1.807, 2.05) is 0 Å². The third-order valence-electron chi connectivity index (χ3n) is 4.07. The van der Waals surface area contributed by atoms with Gasteiger partial charge in [0.2, 0.25) is 0 Å². The van der Waals surface area contributed by atoms with Gasteiger partial charge in [-0.2, -0.15) is 0 Å². The highest BCUT2D eigenvalue weighted by molar-refractivity contribution is 6.35. The first-order valence-electron chi connectivity index (χ1n) is 8.09. The van der Waals surface area contributed by atoms with E-state index in [4.69, 9.17) is 27.9 Å². The predicted molar refractivity (Wildman–Crippen MR) is 98.7 cm³/mol. The van der Waals surface area contributed by atoms with E-state index in [-0.39, 0.29) is 18.4 Å². The maximum absolute atomic E-state index is 12.4. The molecule has 0 unspecified atom stereocenters. The van der Waals surface area contributed by atoms with E-state index < -0.39 is 0 Å². The monoisotopic (exact) mass is 393 g/mol. The summed E-state index contributed by atoms with van der Waals surface area (Å²) < 4.78 is 5.48. The zero-order chi connectivity index (χ0) is 18.5. The van der Waals surface area contributed by atoms with Crippen LogP contribution in [0, 0.1) is 0 Å². The normalized spacial score (nSPS) is 14.2. The molecule has 0 N–H and O–H groups in total. The molecule has 2 amide bonds. The van der Waals surface area contributed by atoms with Crippen LogP contribution in [-0.2, 0) is 4.79 Å². The fourth-order valence-corrected chi connectivity index (χ4v) is 3.12. The summed E-state index contributed by atoms with van der Waals surface area (Å²) in [6.45, 7) is 1.76. The molecule has 0 saturated carbocycles. The van der Waals surface area contributed by atoms with Crippen molar-refractivity contribution < 1.29 is 14.3 Å². The summed E-state index contributed by atoms with van der Waals surface area (Å²) in [6.07, 6.45) is 3.17. The Morgan fingerprint density at radius 2 is 1.81 bits per heavy atom. The molecule has 0 bridgehead atoms. The molecular formula is C18H17Cl2N3O3. The predicted octanol–water partition coefficient (Wildman–Crippen LogP) is 2.75. The summed E-state index contributed by atoms with van der Waals surface area (Å²) in [6, 6.07) is 8.30. The number of ether oxygens (including phenoxy) is 1. The third-order valence-corrected chi connectivity index (χ3v) is 4.60. The molecule has 0 aliphatic carbocycles. The van der Waals surface area contributed by atoms with Gasteiger partial charge in [-0.3, -0.25) is 14.6 Å². The standard InChI is InChI=1S/C18H17Cl2N3O3/c19-14-3-4-16(15(20)10-14)26-12-17(24)22-6-8-23(9-7-22)18(25)13-2-1-5-21-11-13/h1-5,10-11H,6-9,12H2. The molecule has 26 heavy (non-hydrogen) atoms. The van der Waals surface area contributed by atoms with Gasteiger partial charge in [-0.1, -0.05) is 23.2 Å². The second-order valence-corrected chi connectivity index (χ2v) is 6.62. The first kappa shape index (κ1) is 18.5. The lowest BCUT2D eigenvalue weighted by molar-refractivity contribution is -0.134. The first-order chi connectivity index (χ1) is 12.5. The number of pyridine rings is 1. The molecule has 6 nitrogen and oxygen atoms in total. The van der Waals surface area contributed by atoms with E-state index in [1.54, 1.807) is 52.5 Å². The molecule has 0 radical (unpaired) electrons. The summed E-state index contributed by atoms with van der Waals surface area (Å²) in [5.74, 6) is 0.189. The summed E-state index contributed by atoms with van der Waals surface area (Å²) in [5, 5.41) is 0.861. The number of piperazine rings is 1. The SMILES string of the molecule is O=C(COc1ccc(Cl)cc1Cl)N1CCN(C(=O)c2cccnc2)CC1. The third kappa shape index (κ3) is 4.45. The van der Waals surface area contributed by atoms with Crippen molar-refractivity contribution in [1.82, 2.24) is 14.8 Å². The number of nitrogens with zero attached hydrogens (tertiary/aromatic N) is 3. The minimum absolute atomic E-state index is 0.0746. The van der Waals surface area contributed by atoms with E-state index in [0.717, 1.165) is 0 Å². The smallest absolute Gasteiger partial charge is 0.260 e. The molecule has 1 aliphatic heterocycles. The molecule has 2 heterocycles. The quantitative estimate of drug-likeness (QED) is 0.800. The molecule has 1 aromatic carbocycles. The number of carbonyl (C=O) groups excluding carboxylic acids is 2. The Morgan fingerprint density at radius 3 is 2.46 bits per heavy atom. The van der Waals surface area contributed by atoms with Gasteiger partial charge < -0.3 is 14.5 Å². The van der Waals surface area contributed by atoms with Crippen LogP contribution in [0.2, 0.25) is 10.0 Å². The maximum atomic E-state index is 12.4. The number of hydrogen-bond acceptors (Lipinski definition) is 4. The fraction of sp³-hybridized carbons (Fsp3) is 0.278. The molecule has 2 aromatic rings. The van der Waals surface area contributed by atoms with E-state index in [2.05, 4.69) is 4.98 Å². The molecule has 8 heteroatoms. The number of halogens is 2. The van der Waals surface area contributed by atoms with Gasteiger partial charge in [0.1, 0.15) is 5.75 Å². The van der Waals surface area contributed by atoms with Gasteiger partial charge in [0.05, 0.1) is 10.6 Å². The highest BCUT2D eigenvalue weighted by atomic mass is 35.5. The Kier molecular flexibility index (Phi) is 5.96. The second kappa shape index (κ2) is 8.38. The van der Waals surface area contributed by atoms with Gasteiger partial charge in [-0.05, 0) is 30.3 Å². The van der Waals surface area contributed by atoms with E-state index >= 15 is 0 Å². The zero-order valence-electron chi connectivity index (χ0n) is 13.9. The molecule has 136 valence electrons. The Hall–Kier alpha value is -2.31. The Labute approximate surface area is 161 Å². The molecule has 1 aromatic heterocycles. The van der Waals surface area contributed by atoms with Crippen LogP contribution in [-0.4, -0.2) is 59.4 Å². The highest BCUT2D eigenvalue weighted by Crippen LogP contribution is 2.27. The highest BCUT2D eigenvalue weighted by Gasteiger charge is 2.25. The summed E-state index contributed by atoms with van der Waals surface area (Å²) in [4.78, 5) is 32.1. The van der Waals surface area contributed by atoms with E-state index in [1.165, 1.54) is 0 Å². The van der Waals surface area contributed by atoms with Crippen LogP contribution in [0.3, 0.4) is 0 Å². The van der Waals surface area contributed by atoms with Crippen molar-refractivity contribution in [2.75, 3.05) is 32.8 Å². The number of amides is 2. The number of carbonyl (C=O) groups is 2. The van der Waals surface area contributed by atoms with Crippen LogP contribution < -0.4 is 4.74 Å². The molecular weight excluding hydrogens is 377 g/mol. The second-order valence-electron chi connectivity index (χ2n) is 5.78. The van der Waals surface area contributed by atoms with Crippen molar-refractivity contribution in [3.63, 3.8) is 0 Å². The van der Waals surface area contributed by atoms with Crippen LogP contribution in [0.5, 0.6) is 5.75 Å². The van der Waals surface area contributed by atoms with Gasteiger partial charge >= 0.3 is 0 Å². The van der Waals surface area contributed by atoms with Gasteiger partial charge in [-0.25, -0.2) is 0 Å². The number of benzene rings is 1. The topological polar surface area (TPSA) is 62.7 Å². The minimum atomic E-state index is -0.149. The minimum Gasteiger partial charge on any atom is -0.482 e. The van der Waals surface area contributed by atoms with Crippen molar-refractivity contribution in [1.29, 1.82) is 0 Å². The molecule has 0 spiro atoms. The lowest BCUT2D eigenvalue weighted by Gasteiger charge is -2.34. The van der Waals surface area contributed by atoms with Crippen molar-refractivity contribution in [3.05, 3.63) is 58.3 Å². The summed E-state index contributed by atoms with van der Waals surface area (Å²) >= 11 is 11.9. The van der Waals surface area contributed by atoms with Gasteiger partial charge in [0.15, 0.2) is 6.61 Å². The zero-order valence-corrected chi connectivity index (χ0v) is 15.4. The largest absolute Gasteiger partial charge is 0.482 e. The van der Waals surface area contributed by atoms with Crippen LogP contribution in [0.4, 0.5) is 0 Å². The first-order valence-corrected chi connectivity index (χ1v) is 8.85. The molecule has 3 rings (SSSR count). The Balaban J connectivity index is 1.50. The van der Waals surface area contributed by atoms with Gasteiger partial charge in [-0.15, -0.1) is 0 Å². The van der Waals surface area contributed by atoms with Crippen LogP contribution in [0.15, 0.2) is 42.7 Å². The maximum Gasteiger partial charge on any atom is 0.260 e. The van der Waals surface area contributed by atoms with Crippen LogP contribution >= 0.6 is 23.2 Å². The Bertz CT molecular complexity index is 794. The molecule has 1 saturated heterocycles. The van der Waals surface area contributed by atoms with Gasteiger partial charge in [0, 0.05) is 43.6 Å². The Morgan fingerprint density at radius 1 is 1.08 bits per heavy atom. The lowest BCUT2D eigenvalue weighted by atomic mass is 10.2. The molecule has 1 aliphatic rings. The average Bonchev–Trinajstić information content (AvgIpc) is 2.67. The van der Waals surface area contributed by atoms with E-state index in [0.29, 0.717) is 47.5 Å². The lowest BCUT2D eigenvalue weighted by Crippen LogP contribution is -2.51. The van der Waals surface area contributed by atoms with E-state index in [9.17, 15) is 9.59 Å². The number of rotatable bonds is 4. The fourth-order valence-electron chi connectivity index (χ4n) is 2.65.